The summed E-state index contributed by atoms with van der Waals surface area (Å²) < 4.78 is 79.3. The topological polar surface area (TPSA) is 209 Å². The molecule has 6 atom stereocenters. The number of nitrogens with zero attached hydrogens (tertiary/aromatic N) is 2. The van der Waals surface area contributed by atoms with E-state index < -0.39 is 92.1 Å². The van der Waals surface area contributed by atoms with Gasteiger partial charge in [0.2, 0.25) is 6.23 Å². The Bertz CT molecular complexity index is 1600. The van der Waals surface area contributed by atoms with Gasteiger partial charge in [-0.25, -0.2) is 18.9 Å². The second-order valence-corrected chi connectivity index (χ2v) is 14.7. The molecule has 0 bridgehead atoms. The largest absolute Gasteiger partial charge is 0.462 e. The molecule has 3 rings (SSSR count). The van der Waals surface area contributed by atoms with Crippen LogP contribution in [0.3, 0.4) is 0 Å². The van der Waals surface area contributed by atoms with E-state index in [1.165, 1.54) is 32.9 Å². The molecule has 19 heteroatoms. The van der Waals surface area contributed by atoms with E-state index in [1.54, 1.807) is 52.8 Å². The zero-order chi connectivity index (χ0) is 37.6. The average Bonchev–Trinajstić information content (AvgIpc) is 3.22. The van der Waals surface area contributed by atoms with Crippen molar-refractivity contribution < 1.29 is 55.7 Å². The Labute approximate surface area is 287 Å². The summed E-state index contributed by atoms with van der Waals surface area (Å²) in [5.41, 5.74) is 3.39. The fourth-order valence-electron chi connectivity index (χ4n) is 4.49. The zero-order valence-electron chi connectivity index (χ0n) is 29.0. The average molecular weight is 732 g/mol. The van der Waals surface area contributed by atoms with Crippen LogP contribution in [-0.2, 0) is 37.6 Å². The number of benzene rings is 1. The molecule has 1 fully saturated rings. The molecule has 0 radical (unpaired) electrons. The first-order valence-corrected chi connectivity index (χ1v) is 17.2. The minimum Gasteiger partial charge on any atom is -0.462 e. The van der Waals surface area contributed by atoms with Gasteiger partial charge < -0.3 is 34.5 Å². The van der Waals surface area contributed by atoms with Gasteiger partial charge in [-0.15, -0.1) is 0 Å². The molecule has 2 aromatic rings. The Hall–Kier alpha value is -4.12. The summed E-state index contributed by atoms with van der Waals surface area (Å²) in [6.07, 6.45) is -7.42. The first kappa shape index (κ1) is 40.3. The molecule has 278 valence electrons. The number of rotatable bonds is 14. The highest BCUT2D eigenvalue weighted by Crippen LogP contribution is 2.49. The number of hydrogen-bond acceptors (Lipinski definition) is 13. The third-order valence-corrected chi connectivity index (χ3v) is 8.37. The number of nitrogens with two attached hydrogens (primary N) is 1. The molecule has 1 aliphatic rings. The van der Waals surface area contributed by atoms with Gasteiger partial charge in [-0.1, -0.05) is 32.0 Å². The Morgan fingerprint density at radius 1 is 1.08 bits per heavy atom. The number of hydrogen-bond donors (Lipinski definition) is 3. The van der Waals surface area contributed by atoms with E-state index in [9.17, 15) is 23.7 Å². The van der Waals surface area contributed by atoms with Gasteiger partial charge >= 0.3 is 37.4 Å². The number of amides is 1. The lowest BCUT2D eigenvalue weighted by Crippen LogP contribution is -2.51. The van der Waals surface area contributed by atoms with Crippen molar-refractivity contribution in [3.63, 3.8) is 0 Å². The highest BCUT2D eigenvalue weighted by molar-refractivity contribution is 7.52. The van der Waals surface area contributed by atoms with Gasteiger partial charge in [0, 0.05) is 6.20 Å². The predicted octanol–water partition coefficient (Wildman–Crippen LogP) is 3.95. The predicted molar refractivity (Wildman–Crippen MR) is 174 cm³/mol. The molecule has 1 amide bonds. The summed E-state index contributed by atoms with van der Waals surface area (Å²) in [5.74, 6) is -7.15. The third kappa shape index (κ3) is 10.9. The molecule has 0 aliphatic carbocycles. The molecule has 1 aromatic heterocycles. The van der Waals surface area contributed by atoms with E-state index in [2.05, 4.69) is 15.4 Å². The van der Waals surface area contributed by atoms with E-state index in [0.717, 1.165) is 12.3 Å². The van der Waals surface area contributed by atoms with Crippen molar-refractivity contribution in [3.05, 3.63) is 53.1 Å². The number of carbonyl (C=O) groups is 3. The standard InChI is InChI=1S/C31H44F2N5O11P/c1-17(2)23(36-29(42)48-30(6,7)8)26(40)47-24-21(46-27(31(24,32)33)38-15-14-22(34)35-28(38)41)16-44-50(43,49-20-12-10-9-11-13-20)37-19(5)25(39)45-18(3)4/h9-15,17-19,21,23-24,27H,16H2,1-8H3,(H,36,42)(H,37,43)(H2,34,35,41)/t19-,21+,23-,24+,27?,50-/m0/s1. The fraction of sp³-hybridized carbons (Fsp3) is 0.581. The van der Waals surface area contributed by atoms with Crippen LogP contribution in [0.1, 0.15) is 61.6 Å². The minimum atomic E-state index is -4.62. The molecule has 2 heterocycles. The Morgan fingerprint density at radius 2 is 1.72 bits per heavy atom. The Balaban J connectivity index is 1.97. The molecule has 1 aliphatic heterocycles. The Kier molecular flexibility index (Phi) is 13.1. The summed E-state index contributed by atoms with van der Waals surface area (Å²) in [4.78, 5) is 54.5. The number of ether oxygens (including phenoxy) is 4. The molecular weight excluding hydrogens is 687 g/mol. The quantitative estimate of drug-likeness (QED) is 0.143. The summed E-state index contributed by atoms with van der Waals surface area (Å²) in [6, 6.07) is 5.97. The highest BCUT2D eigenvalue weighted by atomic mass is 31.2. The summed E-state index contributed by atoms with van der Waals surface area (Å²) in [7, 11) is -4.62. The summed E-state index contributed by atoms with van der Waals surface area (Å²) >= 11 is 0. The van der Waals surface area contributed by atoms with Crippen LogP contribution in [0.5, 0.6) is 5.75 Å². The van der Waals surface area contributed by atoms with Crippen LogP contribution >= 0.6 is 7.75 Å². The van der Waals surface area contributed by atoms with Crippen LogP contribution in [0.25, 0.3) is 0 Å². The van der Waals surface area contributed by atoms with Crippen LogP contribution in [0, 0.1) is 5.92 Å². The van der Waals surface area contributed by atoms with E-state index in [-0.39, 0.29) is 11.6 Å². The van der Waals surface area contributed by atoms with Crippen molar-refractivity contribution in [3.8, 4) is 5.75 Å². The number of nitrogen functional groups attached to an aromatic ring is 1. The minimum absolute atomic E-state index is 0.0266. The maximum atomic E-state index is 16.2. The summed E-state index contributed by atoms with van der Waals surface area (Å²) in [5, 5.41) is 4.75. The van der Waals surface area contributed by atoms with Crippen molar-refractivity contribution in [2.45, 2.75) is 104 Å². The highest BCUT2D eigenvalue weighted by Gasteiger charge is 2.63. The van der Waals surface area contributed by atoms with Crippen molar-refractivity contribution in [1.82, 2.24) is 20.0 Å². The SMILES string of the molecule is CC(C)OC(=O)[C@H](C)N[P@](=O)(OC[C@H]1OC(n2ccc(N)nc2=O)C(F)(F)[C@@H]1OC(=O)[C@@H](NC(=O)OC(C)(C)C)C(C)C)Oc1ccccc1. The molecule has 4 N–H and O–H groups in total. The number of aromatic nitrogens is 2. The van der Waals surface area contributed by atoms with E-state index in [0.29, 0.717) is 4.57 Å². The number of esters is 2. The smallest absolute Gasteiger partial charge is 0.459 e. The molecule has 16 nitrogen and oxygen atoms in total. The lowest BCUT2D eigenvalue weighted by atomic mass is 10.0. The normalized spacial score (nSPS) is 21.2. The molecule has 50 heavy (non-hydrogen) atoms. The van der Waals surface area contributed by atoms with Crippen molar-refractivity contribution >= 4 is 31.6 Å². The van der Waals surface area contributed by atoms with E-state index >= 15 is 8.78 Å². The maximum Gasteiger partial charge on any atom is 0.459 e. The maximum absolute atomic E-state index is 16.2. The molecular formula is C31H44F2N5O11P. The molecule has 1 aromatic carbocycles. The third-order valence-electron chi connectivity index (χ3n) is 6.72. The lowest BCUT2D eigenvalue weighted by Gasteiger charge is -2.29. The molecule has 1 saturated heterocycles. The van der Waals surface area contributed by atoms with E-state index in [4.69, 9.17) is 33.7 Å². The monoisotopic (exact) mass is 731 g/mol. The number of alkyl halides is 2. The second-order valence-electron chi connectivity index (χ2n) is 13.0. The Morgan fingerprint density at radius 3 is 2.28 bits per heavy atom. The van der Waals surface area contributed by atoms with Crippen LogP contribution < -0.4 is 26.4 Å². The number of halogens is 2. The van der Waals surface area contributed by atoms with Gasteiger partial charge in [-0.2, -0.15) is 18.9 Å². The zero-order valence-corrected chi connectivity index (χ0v) is 29.9. The van der Waals surface area contributed by atoms with Gasteiger partial charge in [-0.05, 0) is 65.7 Å². The van der Waals surface area contributed by atoms with Gasteiger partial charge in [0.15, 0.2) is 6.10 Å². The van der Waals surface area contributed by atoms with Crippen LogP contribution in [0.4, 0.5) is 19.4 Å². The first-order valence-electron chi connectivity index (χ1n) is 15.7. The second kappa shape index (κ2) is 16.3. The molecule has 0 spiro atoms. The first-order chi connectivity index (χ1) is 23.1. The number of para-hydroxylation sites is 1. The lowest BCUT2D eigenvalue weighted by molar-refractivity contribution is -0.179. The fourth-order valence-corrected chi connectivity index (χ4v) is 5.99. The van der Waals surface area contributed by atoms with E-state index in [1.807, 2.05) is 0 Å². The van der Waals surface area contributed by atoms with Gasteiger partial charge in [-0.3, -0.25) is 13.9 Å². The molecule has 1 unspecified atom stereocenters. The summed E-state index contributed by atoms with van der Waals surface area (Å²) in [6.45, 7) is 11.4. The van der Waals surface area contributed by atoms with Crippen LogP contribution in [-0.4, -0.2) is 76.1 Å². The number of alkyl carbamates (subject to hydrolysis) is 1. The van der Waals surface area contributed by atoms with Gasteiger partial charge in [0.05, 0.1) is 12.7 Å². The number of carbonyl (C=O) groups excluding carboxylic acids is 3. The van der Waals surface area contributed by atoms with Crippen LogP contribution in [0.2, 0.25) is 0 Å². The van der Waals surface area contributed by atoms with Crippen molar-refractivity contribution in [1.29, 1.82) is 0 Å². The van der Waals surface area contributed by atoms with Crippen molar-refractivity contribution in [2.24, 2.45) is 5.92 Å². The number of nitrogens with one attached hydrogen (secondary N) is 2. The van der Waals surface area contributed by atoms with Gasteiger partial charge in [0.25, 0.3) is 0 Å². The number of anilines is 1. The molecule has 0 saturated carbocycles. The van der Waals surface area contributed by atoms with Gasteiger partial charge in [0.1, 0.15) is 35.4 Å². The van der Waals surface area contributed by atoms with Crippen LogP contribution in [0.15, 0.2) is 47.4 Å². The van der Waals surface area contributed by atoms with Crippen molar-refractivity contribution in [2.75, 3.05) is 12.3 Å².